The lowest BCUT2D eigenvalue weighted by Crippen LogP contribution is -2.51. The number of nitrogens with two attached hydrogens (primary N) is 1. The topological polar surface area (TPSA) is 92.4 Å². The summed E-state index contributed by atoms with van der Waals surface area (Å²) >= 11 is 0. The van der Waals surface area contributed by atoms with Crippen LogP contribution in [0.2, 0.25) is 0 Å². The van der Waals surface area contributed by atoms with Gasteiger partial charge in [0.2, 0.25) is 11.8 Å². The average molecular weight is 354 g/mol. The Bertz CT molecular complexity index is 677. The summed E-state index contributed by atoms with van der Waals surface area (Å²) in [7, 11) is 0. The third-order valence-electron chi connectivity index (χ3n) is 4.25. The van der Waals surface area contributed by atoms with E-state index in [1.165, 1.54) is 0 Å². The van der Waals surface area contributed by atoms with Crippen LogP contribution in [0.4, 0.5) is 0 Å². The van der Waals surface area contributed by atoms with Crippen molar-refractivity contribution in [3.8, 4) is 0 Å². The van der Waals surface area contributed by atoms with Crippen LogP contribution >= 0.6 is 0 Å². The second-order valence-corrected chi connectivity index (χ2v) is 6.83. The molecule has 26 heavy (non-hydrogen) atoms. The summed E-state index contributed by atoms with van der Waals surface area (Å²) in [5.41, 5.74) is 7.35. The van der Waals surface area contributed by atoms with Gasteiger partial charge in [-0.2, -0.15) is 0 Å². The zero-order chi connectivity index (χ0) is 19.1. The lowest BCUT2D eigenvalue weighted by molar-refractivity contribution is -0.134. The molecule has 5 nitrogen and oxygen atoms in total. The monoisotopic (exact) mass is 354 g/mol. The van der Waals surface area contributed by atoms with Gasteiger partial charge in [0.1, 0.15) is 12.1 Å². The second-order valence-electron chi connectivity index (χ2n) is 6.83. The molecule has 5 heteroatoms. The van der Waals surface area contributed by atoms with Gasteiger partial charge in [-0.25, -0.2) is 0 Å². The highest BCUT2D eigenvalue weighted by Gasteiger charge is 2.32. The van der Waals surface area contributed by atoms with Gasteiger partial charge < -0.3 is 16.2 Å². The van der Waals surface area contributed by atoms with Crippen molar-refractivity contribution >= 4 is 11.8 Å². The molecule has 2 aromatic carbocycles. The predicted octanol–water partition coefficient (Wildman–Crippen LogP) is 2.20. The number of rotatable bonds is 8. The molecular formula is C21H26N2O3. The molecule has 2 amide bonds. The highest BCUT2D eigenvalue weighted by atomic mass is 16.3. The first-order valence-corrected chi connectivity index (χ1v) is 8.77. The number of benzene rings is 2. The molecule has 2 atom stereocenters. The summed E-state index contributed by atoms with van der Waals surface area (Å²) in [4.78, 5) is 24.6. The van der Waals surface area contributed by atoms with E-state index < -0.39 is 29.9 Å². The first kappa shape index (κ1) is 19.7. The van der Waals surface area contributed by atoms with Crippen molar-refractivity contribution < 1.29 is 14.7 Å². The molecule has 4 N–H and O–H groups in total. The van der Waals surface area contributed by atoms with Crippen molar-refractivity contribution in [3.05, 3.63) is 71.8 Å². The smallest absolute Gasteiger partial charge is 0.249 e. The van der Waals surface area contributed by atoms with E-state index in [0.717, 1.165) is 11.1 Å². The van der Waals surface area contributed by atoms with Crippen LogP contribution < -0.4 is 11.1 Å². The molecule has 0 aliphatic rings. The van der Waals surface area contributed by atoms with E-state index in [1.54, 1.807) is 0 Å². The van der Waals surface area contributed by atoms with Crippen molar-refractivity contribution in [2.45, 2.75) is 38.3 Å². The van der Waals surface area contributed by atoms with Gasteiger partial charge in [0.25, 0.3) is 0 Å². The molecular weight excluding hydrogens is 328 g/mol. The van der Waals surface area contributed by atoms with Crippen LogP contribution in [0, 0.1) is 5.92 Å². The minimum atomic E-state index is -1.18. The maximum Gasteiger partial charge on any atom is 0.249 e. The lowest BCUT2D eigenvalue weighted by Gasteiger charge is -2.27. The molecule has 0 aromatic heterocycles. The Hall–Kier alpha value is -2.66. The fourth-order valence-corrected chi connectivity index (χ4v) is 3.02. The zero-order valence-electron chi connectivity index (χ0n) is 15.1. The zero-order valence-corrected chi connectivity index (χ0v) is 15.1. The molecule has 0 aliphatic carbocycles. The van der Waals surface area contributed by atoms with E-state index in [0.29, 0.717) is 6.42 Å². The van der Waals surface area contributed by atoms with Crippen molar-refractivity contribution in [2.75, 3.05) is 0 Å². The summed E-state index contributed by atoms with van der Waals surface area (Å²) in [6.07, 6.45) is -0.859. The number of hydrogen-bond acceptors (Lipinski definition) is 3. The standard InChI is InChI=1S/C21H26N2O3/c1-14(2)13-17(24)21(26)23-19(20(22)25)18(15-9-5-3-6-10-15)16-11-7-4-8-12-16/h3-12,14,17-19,24H,13H2,1-2H3,(H2,22,25)(H,23,26)/t17-,19-/m1/s1. The van der Waals surface area contributed by atoms with Crippen LogP contribution in [-0.2, 0) is 9.59 Å². The Morgan fingerprint density at radius 2 is 1.42 bits per heavy atom. The number of hydrogen-bond donors (Lipinski definition) is 3. The molecule has 0 heterocycles. The van der Waals surface area contributed by atoms with Gasteiger partial charge in [-0.15, -0.1) is 0 Å². The minimum absolute atomic E-state index is 0.154. The fourth-order valence-electron chi connectivity index (χ4n) is 3.02. The van der Waals surface area contributed by atoms with Crippen LogP contribution in [0.25, 0.3) is 0 Å². The number of aliphatic hydroxyl groups excluding tert-OH is 1. The molecule has 0 unspecified atom stereocenters. The van der Waals surface area contributed by atoms with Crippen LogP contribution in [0.5, 0.6) is 0 Å². The number of nitrogens with one attached hydrogen (secondary N) is 1. The van der Waals surface area contributed by atoms with Gasteiger partial charge in [0, 0.05) is 5.92 Å². The average Bonchev–Trinajstić information content (AvgIpc) is 2.62. The maximum atomic E-state index is 12.4. The summed E-state index contributed by atoms with van der Waals surface area (Å²) in [6, 6.07) is 17.9. The number of amides is 2. The van der Waals surface area contributed by atoms with E-state index in [2.05, 4.69) is 5.32 Å². The highest BCUT2D eigenvalue weighted by Crippen LogP contribution is 2.28. The Labute approximate surface area is 154 Å². The summed E-state index contributed by atoms with van der Waals surface area (Å²) < 4.78 is 0. The van der Waals surface area contributed by atoms with Crippen LogP contribution in [0.3, 0.4) is 0 Å². The van der Waals surface area contributed by atoms with Crippen molar-refractivity contribution in [2.24, 2.45) is 11.7 Å². The number of carbonyl (C=O) groups excluding carboxylic acids is 2. The second kappa shape index (κ2) is 9.15. The van der Waals surface area contributed by atoms with Crippen molar-refractivity contribution in [1.82, 2.24) is 5.32 Å². The molecule has 138 valence electrons. The third kappa shape index (κ3) is 5.17. The van der Waals surface area contributed by atoms with Crippen LogP contribution in [-0.4, -0.2) is 29.1 Å². The van der Waals surface area contributed by atoms with Crippen LogP contribution in [0.1, 0.15) is 37.3 Å². The summed E-state index contributed by atoms with van der Waals surface area (Å²) in [5, 5.41) is 12.7. The molecule has 0 saturated carbocycles. The molecule has 2 aromatic rings. The molecule has 2 rings (SSSR count). The van der Waals surface area contributed by atoms with E-state index >= 15 is 0 Å². The molecule has 0 bridgehead atoms. The first-order valence-electron chi connectivity index (χ1n) is 8.77. The first-order chi connectivity index (χ1) is 12.4. The molecule has 0 spiro atoms. The van der Waals surface area contributed by atoms with E-state index in [9.17, 15) is 14.7 Å². The normalized spacial score (nSPS) is 13.4. The Balaban J connectivity index is 2.36. The highest BCUT2D eigenvalue weighted by molar-refractivity contribution is 5.89. The Kier molecular flexibility index (Phi) is 6.92. The molecule has 0 fully saturated rings. The van der Waals surface area contributed by atoms with Crippen LogP contribution in [0.15, 0.2) is 60.7 Å². The molecule has 0 radical (unpaired) electrons. The van der Waals surface area contributed by atoms with Gasteiger partial charge >= 0.3 is 0 Å². The van der Waals surface area contributed by atoms with E-state index in [4.69, 9.17) is 5.73 Å². The summed E-state index contributed by atoms with van der Waals surface area (Å²) in [5.74, 6) is -1.51. The van der Waals surface area contributed by atoms with Gasteiger partial charge in [-0.3, -0.25) is 9.59 Å². The largest absolute Gasteiger partial charge is 0.383 e. The van der Waals surface area contributed by atoms with Gasteiger partial charge in [0.15, 0.2) is 0 Å². The number of carbonyl (C=O) groups is 2. The maximum absolute atomic E-state index is 12.4. The van der Waals surface area contributed by atoms with Gasteiger partial charge in [-0.1, -0.05) is 74.5 Å². The summed E-state index contributed by atoms with van der Waals surface area (Å²) in [6.45, 7) is 3.83. The number of primary amides is 1. The Morgan fingerprint density at radius 1 is 0.962 bits per heavy atom. The van der Waals surface area contributed by atoms with E-state index in [-0.39, 0.29) is 5.92 Å². The predicted molar refractivity (Wildman–Crippen MR) is 101 cm³/mol. The van der Waals surface area contributed by atoms with Crippen molar-refractivity contribution in [1.29, 1.82) is 0 Å². The molecule has 0 saturated heterocycles. The minimum Gasteiger partial charge on any atom is -0.383 e. The van der Waals surface area contributed by atoms with Gasteiger partial charge in [0.05, 0.1) is 0 Å². The number of aliphatic hydroxyl groups is 1. The molecule has 0 aliphatic heterocycles. The third-order valence-corrected chi connectivity index (χ3v) is 4.25. The fraction of sp³-hybridized carbons (Fsp3) is 0.333. The Morgan fingerprint density at radius 3 is 1.81 bits per heavy atom. The van der Waals surface area contributed by atoms with Gasteiger partial charge in [-0.05, 0) is 23.5 Å². The quantitative estimate of drug-likeness (QED) is 0.678. The lowest BCUT2D eigenvalue weighted by atomic mass is 9.84. The van der Waals surface area contributed by atoms with E-state index in [1.807, 2.05) is 74.5 Å². The van der Waals surface area contributed by atoms with Crippen molar-refractivity contribution in [3.63, 3.8) is 0 Å². The SMILES string of the molecule is CC(C)C[C@@H](O)C(=O)N[C@@H](C(N)=O)C(c1ccccc1)c1ccccc1.